The molecule has 0 spiro atoms. The number of anilines is 1. The summed E-state index contributed by atoms with van der Waals surface area (Å²) in [6.45, 7) is 1.22. The lowest BCUT2D eigenvalue weighted by atomic mass is 10.0. The van der Waals surface area contributed by atoms with Gasteiger partial charge in [0.2, 0.25) is 11.8 Å². The fourth-order valence-corrected chi connectivity index (χ4v) is 3.20. The number of aliphatic carboxylic acids is 1. The number of carbonyl (C=O) groups excluding carboxylic acids is 2. The van der Waals surface area contributed by atoms with Gasteiger partial charge >= 0.3 is 12.0 Å². The molecule has 9 heteroatoms. The number of aryl methyl sites for hydroxylation is 1. The van der Waals surface area contributed by atoms with Crippen molar-refractivity contribution >= 4 is 35.2 Å². The van der Waals surface area contributed by atoms with Crippen LogP contribution in [0.3, 0.4) is 0 Å². The molecule has 1 heterocycles. The van der Waals surface area contributed by atoms with Gasteiger partial charge in [0.15, 0.2) is 0 Å². The highest BCUT2D eigenvalue weighted by atomic mass is 16.4. The number of aliphatic imine (C=N–C) groups is 1. The quantitative estimate of drug-likeness (QED) is 0.542. The Balaban J connectivity index is 1.76. The summed E-state index contributed by atoms with van der Waals surface area (Å²) in [6.07, 6.45) is 0.771. The number of amides is 3. The molecule has 0 saturated heterocycles. The van der Waals surface area contributed by atoms with Gasteiger partial charge in [-0.1, -0.05) is 42.5 Å². The Morgan fingerprint density at radius 1 is 1.06 bits per heavy atom. The van der Waals surface area contributed by atoms with Gasteiger partial charge in [0.05, 0.1) is 11.4 Å². The van der Waals surface area contributed by atoms with Gasteiger partial charge in [0, 0.05) is 0 Å². The minimum atomic E-state index is -1.17. The van der Waals surface area contributed by atoms with Crippen molar-refractivity contribution in [1.82, 2.24) is 10.6 Å². The van der Waals surface area contributed by atoms with E-state index in [2.05, 4.69) is 15.6 Å². The second-order valence-electron chi connectivity index (χ2n) is 7.20. The molecule has 2 atom stereocenters. The van der Waals surface area contributed by atoms with Gasteiger partial charge < -0.3 is 20.8 Å². The molecule has 0 saturated carbocycles. The number of hydrogen-bond acceptors (Lipinski definition) is 4. The maximum atomic E-state index is 13.0. The van der Waals surface area contributed by atoms with E-state index in [0.717, 1.165) is 5.56 Å². The van der Waals surface area contributed by atoms with E-state index in [-0.39, 0.29) is 18.9 Å². The van der Waals surface area contributed by atoms with Crippen LogP contribution in [0.2, 0.25) is 0 Å². The van der Waals surface area contributed by atoms with E-state index in [1.807, 2.05) is 30.3 Å². The zero-order valence-electron chi connectivity index (χ0n) is 17.0. The molecule has 0 unspecified atom stereocenters. The molecule has 0 fully saturated rings. The molecule has 0 bridgehead atoms. The summed E-state index contributed by atoms with van der Waals surface area (Å²) in [5.41, 5.74) is 1.92. The lowest BCUT2D eigenvalue weighted by molar-refractivity contribution is -0.141. The van der Waals surface area contributed by atoms with Crippen LogP contribution in [0.15, 0.2) is 59.6 Å². The number of aliphatic hydroxyl groups excluding tert-OH is 1. The van der Waals surface area contributed by atoms with E-state index >= 15 is 0 Å². The van der Waals surface area contributed by atoms with Crippen molar-refractivity contribution in [2.24, 2.45) is 4.99 Å². The SMILES string of the molecule is C[C@H](NC(=O)[C@H](CCc1ccccc1)NC(=O)N1CC(O)=Nc2ccccc21)C(=O)O. The van der Waals surface area contributed by atoms with E-state index in [1.54, 1.807) is 24.3 Å². The molecule has 31 heavy (non-hydrogen) atoms. The summed E-state index contributed by atoms with van der Waals surface area (Å²) >= 11 is 0. The van der Waals surface area contributed by atoms with Crippen molar-refractivity contribution in [1.29, 1.82) is 0 Å². The Hall–Kier alpha value is -3.88. The first-order valence-corrected chi connectivity index (χ1v) is 9.86. The standard InChI is InChI=1S/C22H24N4O5/c1-14(21(29)30)23-20(28)17(12-11-15-7-3-2-4-8-15)25-22(31)26-13-19(27)24-16-9-5-6-10-18(16)26/h2-10,14,17H,11-13H2,1H3,(H,23,28)(H,24,27)(H,25,31)(H,29,30)/t14-,17-/m0/s1. The number of carboxylic acids is 1. The number of rotatable bonds is 7. The molecule has 0 radical (unpaired) electrons. The predicted molar refractivity (Wildman–Crippen MR) is 116 cm³/mol. The summed E-state index contributed by atoms with van der Waals surface area (Å²) in [6, 6.07) is 13.6. The lowest BCUT2D eigenvalue weighted by Gasteiger charge is -2.29. The van der Waals surface area contributed by atoms with Crippen LogP contribution in [-0.2, 0) is 16.0 Å². The van der Waals surface area contributed by atoms with Crippen molar-refractivity contribution in [2.45, 2.75) is 31.8 Å². The summed E-state index contributed by atoms with van der Waals surface area (Å²) in [7, 11) is 0. The third-order valence-corrected chi connectivity index (χ3v) is 4.87. The van der Waals surface area contributed by atoms with E-state index < -0.39 is 30.0 Å². The highest BCUT2D eigenvalue weighted by molar-refractivity contribution is 6.04. The van der Waals surface area contributed by atoms with Gasteiger partial charge in [-0.05, 0) is 37.5 Å². The predicted octanol–water partition coefficient (Wildman–Crippen LogP) is 2.39. The molecular formula is C22H24N4O5. The number of urea groups is 1. The van der Waals surface area contributed by atoms with Crippen LogP contribution in [0.1, 0.15) is 18.9 Å². The lowest BCUT2D eigenvalue weighted by Crippen LogP contribution is -2.54. The number of benzene rings is 2. The van der Waals surface area contributed by atoms with Crippen LogP contribution in [0.5, 0.6) is 0 Å². The topological polar surface area (TPSA) is 131 Å². The maximum Gasteiger partial charge on any atom is 0.325 e. The molecule has 9 nitrogen and oxygen atoms in total. The van der Waals surface area contributed by atoms with E-state index in [1.165, 1.54) is 11.8 Å². The number of para-hydroxylation sites is 2. The van der Waals surface area contributed by atoms with Crippen molar-refractivity contribution in [3.63, 3.8) is 0 Å². The first-order valence-electron chi connectivity index (χ1n) is 9.86. The summed E-state index contributed by atoms with van der Waals surface area (Å²) in [5.74, 6) is -1.99. The van der Waals surface area contributed by atoms with Gasteiger partial charge in [-0.3, -0.25) is 14.5 Å². The molecular weight excluding hydrogens is 400 g/mol. The summed E-state index contributed by atoms with van der Waals surface area (Å²) in [4.78, 5) is 42.2. The van der Waals surface area contributed by atoms with Crippen LogP contribution >= 0.6 is 0 Å². The highest BCUT2D eigenvalue weighted by Gasteiger charge is 2.29. The Bertz CT molecular complexity index is 992. The largest absolute Gasteiger partial charge is 0.495 e. The van der Waals surface area contributed by atoms with E-state index in [9.17, 15) is 19.5 Å². The first-order chi connectivity index (χ1) is 14.8. The molecule has 3 rings (SSSR count). The van der Waals surface area contributed by atoms with Crippen LogP contribution in [-0.4, -0.2) is 52.6 Å². The average molecular weight is 424 g/mol. The number of hydrogen-bond donors (Lipinski definition) is 4. The molecule has 0 aromatic heterocycles. The smallest absolute Gasteiger partial charge is 0.325 e. The zero-order valence-corrected chi connectivity index (χ0v) is 17.0. The number of carboxylic acid groups (broad SMARTS) is 1. The Labute approximate surface area is 179 Å². The number of aliphatic hydroxyl groups is 1. The van der Waals surface area contributed by atoms with Crippen molar-refractivity contribution in [3.8, 4) is 0 Å². The Morgan fingerprint density at radius 2 is 1.74 bits per heavy atom. The molecule has 2 aromatic rings. The van der Waals surface area contributed by atoms with E-state index in [4.69, 9.17) is 5.11 Å². The first kappa shape index (κ1) is 21.8. The fraction of sp³-hybridized carbons (Fsp3) is 0.273. The van der Waals surface area contributed by atoms with Gasteiger partial charge in [0.25, 0.3) is 0 Å². The summed E-state index contributed by atoms with van der Waals surface area (Å²) < 4.78 is 0. The monoisotopic (exact) mass is 424 g/mol. The second kappa shape index (κ2) is 9.75. The number of carbonyl (C=O) groups is 3. The van der Waals surface area contributed by atoms with Gasteiger partial charge in [-0.15, -0.1) is 0 Å². The average Bonchev–Trinajstić information content (AvgIpc) is 2.76. The van der Waals surface area contributed by atoms with Crippen molar-refractivity contribution < 1.29 is 24.6 Å². The fourth-order valence-electron chi connectivity index (χ4n) is 3.20. The second-order valence-corrected chi connectivity index (χ2v) is 7.20. The van der Waals surface area contributed by atoms with Gasteiger partial charge in [0.1, 0.15) is 18.6 Å². The number of nitrogens with zero attached hydrogens (tertiary/aromatic N) is 2. The normalized spacial score (nSPS) is 14.6. The van der Waals surface area contributed by atoms with Crippen molar-refractivity contribution in [3.05, 3.63) is 60.2 Å². The maximum absolute atomic E-state index is 13.0. The molecule has 162 valence electrons. The molecule has 1 aliphatic heterocycles. The van der Waals surface area contributed by atoms with Gasteiger partial charge in [-0.25, -0.2) is 9.79 Å². The Morgan fingerprint density at radius 3 is 2.45 bits per heavy atom. The summed E-state index contributed by atoms with van der Waals surface area (Å²) in [5, 5.41) is 24.1. The van der Waals surface area contributed by atoms with Crippen molar-refractivity contribution in [2.75, 3.05) is 11.4 Å². The highest BCUT2D eigenvalue weighted by Crippen LogP contribution is 2.31. The minimum absolute atomic E-state index is 0.138. The number of nitrogens with one attached hydrogen (secondary N) is 2. The molecule has 0 aliphatic carbocycles. The van der Waals surface area contributed by atoms with Crippen LogP contribution in [0.25, 0.3) is 0 Å². The van der Waals surface area contributed by atoms with Crippen LogP contribution < -0.4 is 15.5 Å². The van der Waals surface area contributed by atoms with Gasteiger partial charge in [-0.2, -0.15) is 0 Å². The van der Waals surface area contributed by atoms with Crippen LogP contribution in [0, 0.1) is 0 Å². The minimum Gasteiger partial charge on any atom is -0.495 e. The molecule has 4 N–H and O–H groups in total. The number of fused-ring (bicyclic) bond motifs is 1. The van der Waals surface area contributed by atoms with Crippen LogP contribution in [0.4, 0.5) is 16.2 Å². The molecule has 2 aromatic carbocycles. The Kier molecular flexibility index (Phi) is 6.86. The molecule has 3 amide bonds. The zero-order chi connectivity index (χ0) is 22.4. The third-order valence-electron chi connectivity index (χ3n) is 4.87. The molecule has 1 aliphatic rings. The third kappa shape index (κ3) is 5.59. The van der Waals surface area contributed by atoms with E-state index in [0.29, 0.717) is 17.8 Å².